The Bertz CT molecular complexity index is 662. The molecular formula is C17H23FN2O2. The van der Waals surface area contributed by atoms with Crippen molar-refractivity contribution in [2.45, 2.75) is 38.3 Å². The summed E-state index contributed by atoms with van der Waals surface area (Å²) < 4.78 is 16.3. The van der Waals surface area contributed by atoms with E-state index in [-0.39, 0.29) is 19.0 Å². The molecule has 1 saturated heterocycles. The predicted octanol–water partition coefficient (Wildman–Crippen LogP) is 1.91. The Morgan fingerprint density at radius 3 is 2.95 bits per heavy atom. The van der Waals surface area contributed by atoms with Gasteiger partial charge in [0.25, 0.3) is 0 Å². The number of aliphatic hydroxyl groups is 2. The highest BCUT2D eigenvalue weighted by atomic mass is 19.1. The van der Waals surface area contributed by atoms with Gasteiger partial charge in [0.2, 0.25) is 0 Å². The maximum absolute atomic E-state index is 14.4. The Labute approximate surface area is 129 Å². The minimum atomic E-state index is -0.884. The lowest BCUT2D eigenvalue weighted by atomic mass is 9.93. The Morgan fingerprint density at radius 2 is 2.27 bits per heavy atom. The fourth-order valence-corrected chi connectivity index (χ4v) is 3.62. The smallest absolute Gasteiger partial charge is 0.147 e. The van der Waals surface area contributed by atoms with E-state index in [9.17, 15) is 14.6 Å². The van der Waals surface area contributed by atoms with Gasteiger partial charge in [0.05, 0.1) is 24.8 Å². The van der Waals surface area contributed by atoms with Crippen molar-refractivity contribution in [2.75, 3.05) is 19.7 Å². The lowest BCUT2D eigenvalue weighted by Crippen LogP contribution is -2.31. The highest BCUT2D eigenvalue weighted by Crippen LogP contribution is 2.35. The number of hydrogen-bond acceptors (Lipinski definition) is 3. The quantitative estimate of drug-likeness (QED) is 0.809. The zero-order chi connectivity index (χ0) is 15.7. The molecule has 1 unspecified atom stereocenters. The number of aryl methyl sites for hydroxylation is 1. The van der Waals surface area contributed by atoms with Crippen LogP contribution in [0.25, 0.3) is 10.9 Å². The van der Waals surface area contributed by atoms with Crippen LogP contribution in [-0.4, -0.2) is 40.6 Å². The first-order valence-electron chi connectivity index (χ1n) is 7.90. The summed E-state index contributed by atoms with van der Waals surface area (Å²) in [7, 11) is 0. The molecule has 0 saturated carbocycles. The molecule has 3 N–H and O–H groups in total. The van der Waals surface area contributed by atoms with Crippen molar-refractivity contribution >= 4 is 10.9 Å². The van der Waals surface area contributed by atoms with Gasteiger partial charge in [-0.25, -0.2) is 4.39 Å². The number of rotatable bonds is 4. The van der Waals surface area contributed by atoms with Crippen LogP contribution in [0.5, 0.6) is 0 Å². The molecule has 1 fully saturated rings. The highest BCUT2D eigenvalue weighted by molar-refractivity contribution is 5.86. The van der Waals surface area contributed by atoms with Crippen LogP contribution >= 0.6 is 0 Å². The molecule has 1 aromatic carbocycles. The summed E-state index contributed by atoms with van der Waals surface area (Å²) in [4.78, 5) is 0. The number of aliphatic hydroxyl groups excluding tert-OH is 2. The summed E-state index contributed by atoms with van der Waals surface area (Å²) in [6, 6.07) is 5.10. The second-order valence-electron chi connectivity index (χ2n) is 6.14. The molecule has 4 nitrogen and oxygen atoms in total. The Hall–Kier alpha value is -1.43. The Morgan fingerprint density at radius 1 is 1.45 bits per heavy atom. The number of hydrogen-bond donors (Lipinski definition) is 3. The van der Waals surface area contributed by atoms with Crippen LogP contribution < -0.4 is 5.32 Å². The van der Waals surface area contributed by atoms with Gasteiger partial charge in [-0.2, -0.15) is 0 Å². The Kier molecular flexibility index (Phi) is 4.47. The van der Waals surface area contributed by atoms with E-state index in [1.165, 1.54) is 6.07 Å². The highest BCUT2D eigenvalue weighted by Gasteiger charge is 2.26. The van der Waals surface area contributed by atoms with E-state index in [4.69, 9.17) is 0 Å². The van der Waals surface area contributed by atoms with Crippen molar-refractivity contribution < 1.29 is 14.6 Å². The maximum Gasteiger partial charge on any atom is 0.147 e. The summed E-state index contributed by atoms with van der Waals surface area (Å²) in [6.07, 6.45) is 1.27. The third-order valence-corrected chi connectivity index (χ3v) is 4.62. The molecule has 1 aliphatic heterocycles. The molecule has 0 aliphatic carbocycles. The van der Waals surface area contributed by atoms with E-state index < -0.39 is 6.10 Å². The molecular weight excluding hydrogens is 283 g/mol. The van der Waals surface area contributed by atoms with Gasteiger partial charge in [0.15, 0.2) is 0 Å². The first-order valence-corrected chi connectivity index (χ1v) is 7.90. The fraction of sp³-hybridized carbons (Fsp3) is 0.529. The van der Waals surface area contributed by atoms with Gasteiger partial charge in [-0.1, -0.05) is 12.1 Å². The average molecular weight is 306 g/mol. The molecule has 2 heterocycles. The number of nitrogens with one attached hydrogen (secondary N) is 1. The number of benzene rings is 1. The molecule has 2 aromatic rings. The van der Waals surface area contributed by atoms with Crippen molar-refractivity contribution in [1.82, 2.24) is 9.88 Å². The molecule has 0 radical (unpaired) electrons. The zero-order valence-corrected chi connectivity index (χ0v) is 12.8. The number of fused-ring (bicyclic) bond motifs is 1. The van der Waals surface area contributed by atoms with Gasteiger partial charge in [0.1, 0.15) is 5.82 Å². The number of piperidine rings is 1. The van der Waals surface area contributed by atoms with E-state index >= 15 is 0 Å². The van der Waals surface area contributed by atoms with Gasteiger partial charge < -0.3 is 20.1 Å². The second-order valence-corrected chi connectivity index (χ2v) is 6.14. The van der Waals surface area contributed by atoms with Crippen molar-refractivity contribution in [3.8, 4) is 0 Å². The third kappa shape index (κ3) is 2.64. The molecule has 120 valence electrons. The molecule has 1 aliphatic rings. The van der Waals surface area contributed by atoms with E-state index in [0.717, 1.165) is 42.6 Å². The van der Waals surface area contributed by atoms with Crippen molar-refractivity contribution in [1.29, 1.82) is 0 Å². The average Bonchev–Trinajstić information content (AvgIpc) is 2.82. The fourth-order valence-electron chi connectivity index (χ4n) is 3.62. The van der Waals surface area contributed by atoms with Crippen LogP contribution in [0.3, 0.4) is 0 Å². The van der Waals surface area contributed by atoms with E-state index in [1.807, 2.05) is 17.6 Å². The first kappa shape index (κ1) is 15.5. The van der Waals surface area contributed by atoms with E-state index in [2.05, 4.69) is 5.32 Å². The number of para-hydroxylation sites is 1. The van der Waals surface area contributed by atoms with Crippen LogP contribution in [0.1, 0.15) is 30.0 Å². The first-order chi connectivity index (χ1) is 10.6. The lowest BCUT2D eigenvalue weighted by Gasteiger charge is -2.26. The molecule has 2 atom stereocenters. The molecule has 0 spiro atoms. The normalized spacial score (nSPS) is 20.5. The minimum Gasteiger partial charge on any atom is -0.394 e. The largest absolute Gasteiger partial charge is 0.394 e. The number of halogens is 1. The van der Waals surface area contributed by atoms with Crippen molar-refractivity contribution in [3.63, 3.8) is 0 Å². The van der Waals surface area contributed by atoms with Crippen LogP contribution in [0, 0.1) is 12.7 Å². The predicted molar refractivity (Wildman–Crippen MR) is 84.6 cm³/mol. The topological polar surface area (TPSA) is 57.4 Å². The molecule has 0 bridgehead atoms. The summed E-state index contributed by atoms with van der Waals surface area (Å²) in [6.45, 7) is 3.80. The van der Waals surface area contributed by atoms with E-state index in [0.29, 0.717) is 11.4 Å². The number of nitrogens with zero attached hydrogens (tertiary/aromatic N) is 1. The third-order valence-electron chi connectivity index (χ3n) is 4.62. The summed E-state index contributed by atoms with van der Waals surface area (Å²) in [5.74, 6) is 0.0344. The number of aromatic nitrogens is 1. The van der Waals surface area contributed by atoms with Crippen LogP contribution in [0.2, 0.25) is 0 Å². The monoisotopic (exact) mass is 306 g/mol. The summed E-state index contributed by atoms with van der Waals surface area (Å²) in [5.41, 5.74) is 2.70. The van der Waals surface area contributed by atoms with Gasteiger partial charge >= 0.3 is 0 Å². The van der Waals surface area contributed by atoms with Gasteiger partial charge in [-0.05, 0) is 37.9 Å². The maximum atomic E-state index is 14.4. The minimum absolute atomic E-state index is 0.216. The van der Waals surface area contributed by atoms with Gasteiger partial charge in [0, 0.05) is 23.5 Å². The van der Waals surface area contributed by atoms with Crippen LogP contribution in [0.15, 0.2) is 18.2 Å². The Balaban J connectivity index is 2.17. The van der Waals surface area contributed by atoms with Crippen LogP contribution in [-0.2, 0) is 6.54 Å². The molecule has 0 amide bonds. The molecule has 3 rings (SSSR count). The molecule has 22 heavy (non-hydrogen) atoms. The van der Waals surface area contributed by atoms with Gasteiger partial charge in [-0.15, -0.1) is 0 Å². The second kappa shape index (κ2) is 6.36. The summed E-state index contributed by atoms with van der Waals surface area (Å²) in [5, 5.41) is 23.4. The van der Waals surface area contributed by atoms with Crippen molar-refractivity contribution in [2.24, 2.45) is 0 Å². The van der Waals surface area contributed by atoms with Gasteiger partial charge in [-0.3, -0.25) is 0 Å². The lowest BCUT2D eigenvalue weighted by molar-refractivity contribution is 0.0811. The zero-order valence-electron chi connectivity index (χ0n) is 12.8. The molecule has 5 heteroatoms. The summed E-state index contributed by atoms with van der Waals surface area (Å²) >= 11 is 0. The van der Waals surface area contributed by atoms with Crippen LogP contribution in [0.4, 0.5) is 4.39 Å². The van der Waals surface area contributed by atoms with Crippen molar-refractivity contribution in [3.05, 3.63) is 35.3 Å². The molecule has 1 aromatic heterocycles. The SMILES string of the molecule is Cc1c(C2CCCNC2)n(C[C@@H](O)CO)c2c(F)cccc12. The standard InChI is InChI=1S/C17H23FN2O2/c1-11-14-5-2-6-15(18)17(14)20(9-13(22)10-21)16(11)12-4-3-7-19-8-12/h2,5-6,12-13,19,21-22H,3-4,7-10H2,1H3/t12?,13-/m1/s1. The van der Waals surface area contributed by atoms with E-state index in [1.54, 1.807) is 6.07 Å².